The van der Waals surface area contributed by atoms with Crippen LogP contribution in [0.3, 0.4) is 0 Å². The number of aromatic nitrogens is 3. The van der Waals surface area contributed by atoms with E-state index in [1.807, 2.05) is 19.1 Å². The van der Waals surface area contributed by atoms with Crippen molar-refractivity contribution < 1.29 is 4.74 Å². The average Bonchev–Trinajstić information content (AvgIpc) is 3.21. The molecule has 2 saturated heterocycles. The number of rotatable bonds is 3. The van der Waals surface area contributed by atoms with Crippen LogP contribution in [0.2, 0.25) is 0 Å². The van der Waals surface area contributed by atoms with E-state index in [1.165, 1.54) is 25.7 Å². The Hall–Kier alpha value is -2.21. The van der Waals surface area contributed by atoms with E-state index in [0.717, 1.165) is 36.8 Å². The molecule has 2 aliphatic rings. The van der Waals surface area contributed by atoms with E-state index in [4.69, 9.17) is 4.74 Å². The molecule has 2 aromatic rings. The molecule has 0 aliphatic carbocycles. The molecule has 138 valence electrons. The highest BCUT2D eigenvalue weighted by atomic mass is 16.5. The number of anilines is 1. The van der Waals surface area contributed by atoms with Crippen LogP contribution in [0, 0.1) is 19.8 Å². The number of nitrogens with zero attached hydrogens (tertiary/aromatic N) is 3. The van der Waals surface area contributed by atoms with Gasteiger partial charge in [-0.3, -0.25) is 4.79 Å². The monoisotopic (exact) mass is 354 g/mol. The third-order valence-corrected chi connectivity index (χ3v) is 5.77. The molecular weight excluding hydrogens is 328 g/mol. The normalized spacial score (nSPS) is 21.3. The molecule has 0 aromatic carbocycles. The highest BCUT2D eigenvalue weighted by molar-refractivity contribution is 5.56. The van der Waals surface area contributed by atoms with Gasteiger partial charge in [0.2, 0.25) is 0 Å². The van der Waals surface area contributed by atoms with Crippen LogP contribution in [0.1, 0.15) is 36.9 Å². The van der Waals surface area contributed by atoms with E-state index < -0.39 is 0 Å². The Morgan fingerprint density at radius 2 is 2.00 bits per heavy atom. The number of nitrogens with one attached hydrogen (secondary N) is 1. The second-order valence-electron chi connectivity index (χ2n) is 7.41. The minimum absolute atomic E-state index is 0.0900. The fourth-order valence-electron chi connectivity index (χ4n) is 3.97. The first-order valence-electron chi connectivity index (χ1n) is 9.52. The van der Waals surface area contributed by atoms with Gasteiger partial charge < -0.3 is 14.6 Å². The third-order valence-electron chi connectivity index (χ3n) is 5.77. The molecule has 6 nitrogen and oxygen atoms in total. The summed E-state index contributed by atoms with van der Waals surface area (Å²) in [6, 6.07) is 4.01. The number of pyridine rings is 1. The predicted octanol–water partition coefficient (Wildman–Crippen LogP) is 2.84. The first kappa shape index (κ1) is 17.2. The van der Waals surface area contributed by atoms with Gasteiger partial charge in [0.25, 0.3) is 5.56 Å². The molecule has 1 N–H and O–H groups in total. The molecule has 0 spiro atoms. The summed E-state index contributed by atoms with van der Waals surface area (Å²) in [4.78, 5) is 26.2. The van der Waals surface area contributed by atoms with Gasteiger partial charge in [0.15, 0.2) is 0 Å². The van der Waals surface area contributed by atoms with E-state index in [2.05, 4.69) is 19.9 Å². The minimum Gasteiger partial charge on any atom is -0.378 e. The minimum atomic E-state index is -0.0900. The van der Waals surface area contributed by atoms with Gasteiger partial charge in [0.1, 0.15) is 11.6 Å². The maximum Gasteiger partial charge on any atom is 0.254 e. The number of hydrogen-bond acceptors (Lipinski definition) is 5. The Morgan fingerprint density at radius 3 is 2.62 bits per heavy atom. The van der Waals surface area contributed by atoms with Crippen LogP contribution in [0.15, 0.2) is 23.1 Å². The molecule has 0 saturated carbocycles. The van der Waals surface area contributed by atoms with Gasteiger partial charge in [0, 0.05) is 42.7 Å². The highest BCUT2D eigenvalue weighted by Crippen LogP contribution is 2.30. The van der Waals surface area contributed by atoms with E-state index in [9.17, 15) is 4.79 Å². The Labute approximate surface area is 153 Å². The molecule has 1 unspecified atom stereocenters. The van der Waals surface area contributed by atoms with Crippen LogP contribution in [-0.2, 0) is 4.74 Å². The van der Waals surface area contributed by atoms with Crippen molar-refractivity contribution in [1.29, 1.82) is 0 Å². The molecule has 2 fully saturated rings. The van der Waals surface area contributed by atoms with Gasteiger partial charge in [-0.1, -0.05) is 0 Å². The van der Waals surface area contributed by atoms with Gasteiger partial charge in [0.05, 0.1) is 6.10 Å². The van der Waals surface area contributed by atoms with Crippen LogP contribution in [0.5, 0.6) is 0 Å². The molecule has 4 heterocycles. The lowest BCUT2D eigenvalue weighted by Gasteiger charge is -2.35. The standard InChI is InChI=1S/C20H26N4O2/c1-13-14(2)22-19(23-20(13)25)16-5-6-18(21-12-16)24-9-7-15(8-10-24)17-4-3-11-26-17/h5-6,12,15,17H,3-4,7-11H2,1-2H3,(H,22,23,25). The number of ether oxygens (including phenoxy) is 1. The molecule has 0 amide bonds. The quantitative estimate of drug-likeness (QED) is 0.918. The van der Waals surface area contributed by atoms with Gasteiger partial charge in [-0.25, -0.2) is 9.97 Å². The third kappa shape index (κ3) is 3.38. The predicted molar refractivity (Wildman–Crippen MR) is 101 cm³/mol. The molecule has 6 heteroatoms. The van der Waals surface area contributed by atoms with Crippen molar-refractivity contribution in [2.45, 2.75) is 45.6 Å². The first-order chi connectivity index (χ1) is 12.6. The fourth-order valence-corrected chi connectivity index (χ4v) is 3.97. The average molecular weight is 354 g/mol. The van der Waals surface area contributed by atoms with Gasteiger partial charge in [-0.2, -0.15) is 0 Å². The summed E-state index contributed by atoms with van der Waals surface area (Å²) in [6.07, 6.45) is 7.04. The number of piperidine rings is 1. The summed E-state index contributed by atoms with van der Waals surface area (Å²) in [7, 11) is 0. The zero-order valence-electron chi connectivity index (χ0n) is 15.5. The molecule has 0 radical (unpaired) electrons. The van der Waals surface area contributed by atoms with Crippen molar-refractivity contribution in [2.24, 2.45) is 5.92 Å². The van der Waals surface area contributed by atoms with Crippen LogP contribution in [0.25, 0.3) is 11.4 Å². The van der Waals surface area contributed by atoms with Crippen molar-refractivity contribution in [3.63, 3.8) is 0 Å². The summed E-state index contributed by atoms with van der Waals surface area (Å²) in [5.74, 6) is 2.26. The Bertz CT molecular complexity index is 817. The van der Waals surface area contributed by atoms with Crippen molar-refractivity contribution in [3.05, 3.63) is 39.9 Å². The topological polar surface area (TPSA) is 71.1 Å². The van der Waals surface area contributed by atoms with E-state index >= 15 is 0 Å². The summed E-state index contributed by atoms with van der Waals surface area (Å²) in [5, 5.41) is 0. The molecule has 1 atom stereocenters. The number of hydrogen-bond donors (Lipinski definition) is 1. The maximum atomic E-state index is 12.0. The summed E-state index contributed by atoms with van der Waals surface area (Å²) in [6.45, 7) is 6.62. The van der Waals surface area contributed by atoms with Crippen LogP contribution >= 0.6 is 0 Å². The molecule has 0 bridgehead atoms. The Balaban J connectivity index is 1.44. The number of aromatic amines is 1. The highest BCUT2D eigenvalue weighted by Gasteiger charge is 2.29. The van der Waals surface area contributed by atoms with Crippen molar-refractivity contribution in [1.82, 2.24) is 15.0 Å². The Morgan fingerprint density at radius 1 is 1.19 bits per heavy atom. The fraction of sp³-hybridized carbons (Fsp3) is 0.550. The zero-order chi connectivity index (χ0) is 18.1. The summed E-state index contributed by atoms with van der Waals surface area (Å²) >= 11 is 0. The van der Waals surface area contributed by atoms with Crippen LogP contribution in [0.4, 0.5) is 5.82 Å². The Kier molecular flexibility index (Phi) is 4.76. The van der Waals surface area contributed by atoms with Crippen LogP contribution < -0.4 is 10.5 Å². The zero-order valence-corrected chi connectivity index (χ0v) is 15.5. The number of aryl methyl sites for hydroxylation is 1. The molecular formula is C20H26N4O2. The van der Waals surface area contributed by atoms with E-state index in [0.29, 0.717) is 23.4 Å². The van der Waals surface area contributed by atoms with Gasteiger partial charge in [-0.05, 0) is 57.6 Å². The lowest BCUT2D eigenvalue weighted by atomic mass is 9.90. The SMILES string of the molecule is Cc1nc(-c2ccc(N3CCC(C4CCCO4)CC3)nc2)[nH]c(=O)c1C. The van der Waals surface area contributed by atoms with E-state index in [1.54, 1.807) is 13.1 Å². The second kappa shape index (κ2) is 7.19. The van der Waals surface area contributed by atoms with E-state index in [-0.39, 0.29) is 5.56 Å². The van der Waals surface area contributed by atoms with Crippen LogP contribution in [-0.4, -0.2) is 40.8 Å². The maximum absolute atomic E-state index is 12.0. The van der Waals surface area contributed by atoms with Crippen molar-refractivity contribution in [2.75, 3.05) is 24.6 Å². The first-order valence-corrected chi connectivity index (χ1v) is 9.52. The largest absolute Gasteiger partial charge is 0.378 e. The van der Waals surface area contributed by atoms with Gasteiger partial charge in [-0.15, -0.1) is 0 Å². The van der Waals surface area contributed by atoms with Gasteiger partial charge >= 0.3 is 0 Å². The number of H-pyrrole nitrogens is 1. The summed E-state index contributed by atoms with van der Waals surface area (Å²) in [5.41, 5.74) is 2.16. The molecule has 4 rings (SSSR count). The lowest BCUT2D eigenvalue weighted by Crippen LogP contribution is -2.38. The smallest absolute Gasteiger partial charge is 0.254 e. The molecule has 2 aromatic heterocycles. The van der Waals surface area contributed by atoms with Crippen molar-refractivity contribution >= 4 is 5.82 Å². The van der Waals surface area contributed by atoms with Crippen molar-refractivity contribution in [3.8, 4) is 11.4 Å². The molecule has 2 aliphatic heterocycles. The second-order valence-corrected chi connectivity index (χ2v) is 7.41. The molecule has 26 heavy (non-hydrogen) atoms. The lowest BCUT2D eigenvalue weighted by molar-refractivity contribution is 0.0531. The summed E-state index contributed by atoms with van der Waals surface area (Å²) < 4.78 is 5.86.